The van der Waals surface area contributed by atoms with Gasteiger partial charge in [0.2, 0.25) is 6.79 Å². The molecular formula is C21H26O6. The quantitative estimate of drug-likeness (QED) is 0.771. The van der Waals surface area contributed by atoms with Crippen LogP contribution in [0.15, 0.2) is 42.7 Å². The summed E-state index contributed by atoms with van der Waals surface area (Å²) in [5.74, 6) is 1.43. The normalized spacial score (nSPS) is 39.2. The van der Waals surface area contributed by atoms with Gasteiger partial charge in [0.15, 0.2) is 11.5 Å². The summed E-state index contributed by atoms with van der Waals surface area (Å²) in [6.45, 7) is 6.14. The van der Waals surface area contributed by atoms with Gasteiger partial charge in [0.25, 0.3) is 0 Å². The van der Waals surface area contributed by atoms with Crippen molar-refractivity contribution < 1.29 is 29.2 Å². The second-order valence-corrected chi connectivity index (χ2v) is 7.60. The molecule has 6 atom stereocenters. The monoisotopic (exact) mass is 374 g/mol. The highest BCUT2D eigenvalue weighted by Gasteiger charge is 2.71. The molecule has 2 bridgehead atoms. The number of aliphatic hydroxyl groups excluding tert-OH is 2. The number of fused-ring (bicyclic) bond motifs is 3. The third-order valence-electron chi connectivity index (χ3n) is 6.72. The Hall–Kier alpha value is -2.02. The molecule has 0 spiro atoms. The molecule has 1 heterocycles. The van der Waals surface area contributed by atoms with Gasteiger partial charge in [0.1, 0.15) is 17.5 Å². The lowest BCUT2D eigenvalue weighted by atomic mass is 9.69. The van der Waals surface area contributed by atoms with Crippen LogP contribution in [0.4, 0.5) is 0 Å². The van der Waals surface area contributed by atoms with E-state index >= 15 is 0 Å². The van der Waals surface area contributed by atoms with Crippen LogP contribution in [0.1, 0.15) is 24.8 Å². The Kier molecular flexibility index (Phi) is 4.25. The Labute approximate surface area is 159 Å². The van der Waals surface area contributed by atoms with Crippen molar-refractivity contribution in [2.24, 2.45) is 11.3 Å². The van der Waals surface area contributed by atoms with Gasteiger partial charge in [0.05, 0.1) is 13.2 Å². The largest absolute Gasteiger partial charge is 0.499 e. The zero-order valence-corrected chi connectivity index (χ0v) is 15.8. The standard InChI is InChI=1S/C21H26O6/c1-5-8-20-10-16(24-3)18(22)21(25-4,19(20)23)17(12(20)2)13-6-7-14-15(9-13)27-11-26-14/h5-7,9-10,12,17-19,22-23H,1,8,11H2,2-4H3/t12-,17+,18+,19+,20+,21-/m1/s1. The van der Waals surface area contributed by atoms with Crippen molar-refractivity contribution in [2.45, 2.75) is 37.1 Å². The molecule has 6 nitrogen and oxygen atoms in total. The molecule has 0 amide bonds. The minimum absolute atomic E-state index is 0.0480. The van der Waals surface area contributed by atoms with E-state index in [0.717, 1.165) is 5.56 Å². The first-order valence-corrected chi connectivity index (χ1v) is 9.14. The number of allylic oxidation sites excluding steroid dienone is 1. The van der Waals surface area contributed by atoms with Crippen LogP contribution in [-0.4, -0.2) is 49.0 Å². The number of rotatable bonds is 5. The van der Waals surface area contributed by atoms with Crippen molar-refractivity contribution in [2.75, 3.05) is 21.0 Å². The average molecular weight is 374 g/mol. The van der Waals surface area contributed by atoms with Gasteiger partial charge in [0, 0.05) is 18.4 Å². The van der Waals surface area contributed by atoms with E-state index in [1.54, 1.807) is 6.08 Å². The van der Waals surface area contributed by atoms with Gasteiger partial charge in [-0.05, 0) is 36.1 Å². The summed E-state index contributed by atoms with van der Waals surface area (Å²) in [7, 11) is 3.05. The van der Waals surface area contributed by atoms with Crippen LogP contribution < -0.4 is 9.47 Å². The molecule has 1 aromatic carbocycles. The van der Waals surface area contributed by atoms with Crippen LogP contribution in [0.3, 0.4) is 0 Å². The van der Waals surface area contributed by atoms with Crippen LogP contribution in [0.25, 0.3) is 0 Å². The molecule has 2 aliphatic carbocycles. The third kappa shape index (κ3) is 2.18. The number of ether oxygens (including phenoxy) is 4. The van der Waals surface area contributed by atoms with Crippen LogP contribution in [0.2, 0.25) is 0 Å². The van der Waals surface area contributed by atoms with E-state index in [4.69, 9.17) is 18.9 Å². The van der Waals surface area contributed by atoms with Crippen molar-refractivity contribution in [1.82, 2.24) is 0 Å². The summed E-state index contributed by atoms with van der Waals surface area (Å²) < 4.78 is 22.4. The lowest BCUT2D eigenvalue weighted by Gasteiger charge is -2.46. The summed E-state index contributed by atoms with van der Waals surface area (Å²) in [4.78, 5) is 0. The molecule has 3 aliphatic rings. The fraction of sp³-hybridized carbons (Fsp3) is 0.524. The van der Waals surface area contributed by atoms with E-state index in [1.165, 1.54) is 14.2 Å². The third-order valence-corrected chi connectivity index (χ3v) is 6.72. The van der Waals surface area contributed by atoms with E-state index in [9.17, 15) is 10.2 Å². The summed E-state index contributed by atoms with van der Waals surface area (Å²) in [6.07, 6.45) is 2.18. The average Bonchev–Trinajstić information content (AvgIpc) is 3.18. The lowest BCUT2D eigenvalue weighted by molar-refractivity contribution is -0.179. The second-order valence-electron chi connectivity index (χ2n) is 7.60. The number of hydrogen-bond donors (Lipinski definition) is 2. The Morgan fingerprint density at radius 3 is 2.67 bits per heavy atom. The van der Waals surface area contributed by atoms with Gasteiger partial charge in [-0.15, -0.1) is 6.58 Å². The van der Waals surface area contributed by atoms with E-state index in [1.807, 2.05) is 24.3 Å². The van der Waals surface area contributed by atoms with Crippen molar-refractivity contribution in [1.29, 1.82) is 0 Å². The van der Waals surface area contributed by atoms with E-state index in [-0.39, 0.29) is 18.6 Å². The molecule has 1 aromatic rings. The van der Waals surface area contributed by atoms with Gasteiger partial charge in [-0.2, -0.15) is 0 Å². The number of methoxy groups -OCH3 is 2. The molecule has 4 rings (SSSR count). The topological polar surface area (TPSA) is 77.4 Å². The van der Waals surface area contributed by atoms with Crippen LogP contribution in [0.5, 0.6) is 11.5 Å². The minimum Gasteiger partial charge on any atom is -0.499 e. The molecular weight excluding hydrogens is 348 g/mol. The zero-order valence-electron chi connectivity index (χ0n) is 15.8. The van der Waals surface area contributed by atoms with Gasteiger partial charge < -0.3 is 29.2 Å². The molecule has 1 fully saturated rings. The molecule has 1 saturated carbocycles. The molecule has 2 N–H and O–H groups in total. The highest BCUT2D eigenvalue weighted by molar-refractivity contribution is 5.49. The molecule has 6 heteroatoms. The van der Waals surface area contributed by atoms with Crippen molar-refractivity contribution in [3.05, 3.63) is 48.3 Å². The fourth-order valence-corrected chi connectivity index (χ4v) is 5.42. The second kappa shape index (κ2) is 6.26. The highest BCUT2D eigenvalue weighted by atomic mass is 16.7. The number of benzene rings is 1. The van der Waals surface area contributed by atoms with Gasteiger partial charge >= 0.3 is 0 Å². The van der Waals surface area contributed by atoms with E-state index in [0.29, 0.717) is 23.7 Å². The highest BCUT2D eigenvalue weighted by Crippen LogP contribution is 2.65. The van der Waals surface area contributed by atoms with E-state index < -0.39 is 23.2 Å². The number of hydrogen-bond acceptors (Lipinski definition) is 6. The molecule has 0 unspecified atom stereocenters. The van der Waals surface area contributed by atoms with Crippen molar-refractivity contribution in [3.63, 3.8) is 0 Å². The molecule has 0 radical (unpaired) electrons. The maximum atomic E-state index is 11.4. The Morgan fingerprint density at radius 2 is 2.00 bits per heavy atom. The predicted octanol–water partition coefficient (Wildman–Crippen LogP) is 2.36. The Balaban J connectivity index is 1.91. The van der Waals surface area contributed by atoms with Crippen LogP contribution >= 0.6 is 0 Å². The lowest BCUT2D eigenvalue weighted by Crippen LogP contribution is -2.59. The van der Waals surface area contributed by atoms with Crippen molar-refractivity contribution >= 4 is 0 Å². The maximum absolute atomic E-state index is 11.4. The molecule has 1 aliphatic heterocycles. The summed E-state index contributed by atoms with van der Waals surface area (Å²) >= 11 is 0. The summed E-state index contributed by atoms with van der Waals surface area (Å²) in [6, 6.07) is 5.72. The van der Waals surface area contributed by atoms with Gasteiger partial charge in [-0.3, -0.25) is 0 Å². The van der Waals surface area contributed by atoms with Gasteiger partial charge in [-0.1, -0.05) is 19.1 Å². The first-order chi connectivity index (χ1) is 13.0. The first-order valence-electron chi connectivity index (χ1n) is 9.14. The SMILES string of the molecule is C=CC[C@]12C=C(OC)[C@H](O)[C@](OC)([C@H](c3ccc4c(c3)OCO4)[C@H]1C)[C@H]2O. The van der Waals surface area contributed by atoms with E-state index in [2.05, 4.69) is 13.5 Å². The smallest absolute Gasteiger partial charge is 0.231 e. The summed E-state index contributed by atoms with van der Waals surface area (Å²) in [5.41, 5.74) is -0.969. The minimum atomic E-state index is -1.24. The zero-order chi connectivity index (χ0) is 19.4. The van der Waals surface area contributed by atoms with Crippen LogP contribution in [0, 0.1) is 11.3 Å². The predicted molar refractivity (Wildman–Crippen MR) is 98.6 cm³/mol. The fourth-order valence-electron chi connectivity index (χ4n) is 5.42. The van der Waals surface area contributed by atoms with Crippen molar-refractivity contribution in [3.8, 4) is 11.5 Å². The summed E-state index contributed by atoms with van der Waals surface area (Å²) in [5, 5.41) is 22.6. The van der Waals surface area contributed by atoms with Crippen LogP contribution in [-0.2, 0) is 9.47 Å². The molecule has 27 heavy (non-hydrogen) atoms. The molecule has 146 valence electrons. The molecule has 0 saturated heterocycles. The number of aliphatic hydroxyl groups is 2. The molecule has 0 aromatic heterocycles. The maximum Gasteiger partial charge on any atom is 0.231 e. The Morgan fingerprint density at radius 1 is 1.26 bits per heavy atom. The van der Waals surface area contributed by atoms with Gasteiger partial charge in [-0.25, -0.2) is 0 Å². The Bertz CT molecular complexity index is 789. The first kappa shape index (κ1) is 18.3.